The Bertz CT molecular complexity index is 154. The Morgan fingerprint density at radius 3 is 3.00 bits per heavy atom. The van der Waals surface area contributed by atoms with Gasteiger partial charge in [-0.05, 0) is 31.6 Å². The zero-order valence-electron chi connectivity index (χ0n) is 7.75. The molecule has 2 nitrogen and oxygen atoms in total. The van der Waals surface area contributed by atoms with Gasteiger partial charge in [0.15, 0.2) is 0 Å². The van der Waals surface area contributed by atoms with Crippen molar-refractivity contribution in [3.8, 4) is 0 Å². The molecular formula is C10H18O2. The molecule has 1 N–H and O–H groups in total. The standard InChI is InChI=1S/C10H18O2/c1-8-9(5-3-7-11)4-2-6-10(8)12/h8-9,11H,2-7H2,1H3/t8?,9-/m1/s1. The Balaban J connectivity index is 2.35. The van der Waals surface area contributed by atoms with Crippen LogP contribution in [0.15, 0.2) is 0 Å². The van der Waals surface area contributed by atoms with Gasteiger partial charge in [0.25, 0.3) is 0 Å². The first kappa shape index (κ1) is 9.72. The van der Waals surface area contributed by atoms with Crippen molar-refractivity contribution in [1.82, 2.24) is 0 Å². The van der Waals surface area contributed by atoms with Crippen LogP contribution in [0.4, 0.5) is 0 Å². The summed E-state index contributed by atoms with van der Waals surface area (Å²) < 4.78 is 0. The van der Waals surface area contributed by atoms with E-state index in [1.807, 2.05) is 6.92 Å². The SMILES string of the molecule is CC1C(=O)CCC[C@@H]1CCCO. The van der Waals surface area contributed by atoms with Gasteiger partial charge < -0.3 is 5.11 Å². The fraction of sp³-hybridized carbons (Fsp3) is 0.900. The summed E-state index contributed by atoms with van der Waals surface area (Å²) in [6.07, 6.45) is 4.87. The first-order valence-electron chi connectivity index (χ1n) is 4.89. The summed E-state index contributed by atoms with van der Waals surface area (Å²) in [7, 11) is 0. The lowest BCUT2D eigenvalue weighted by atomic mass is 9.77. The molecule has 0 aliphatic heterocycles. The highest BCUT2D eigenvalue weighted by molar-refractivity contribution is 5.81. The molecule has 1 unspecified atom stereocenters. The average Bonchev–Trinajstić information content (AvgIpc) is 2.08. The molecule has 0 aromatic heterocycles. The zero-order chi connectivity index (χ0) is 8.97. The number of carbonyl (C=O) groups excluding carboxylic acids is 1. The van der Waals surface area contributed by atoms with Crippen LogP contribution in [-0.2, 0) is 4.79 Å². The van der Waals surface area contributed by atoms with Gasteiger partial charge in [0.1, 0.15) is 5.78 Å². The van der Waals surface area contributed by atoms with Crippen molar-refractivity contribution in [1.29, 1.82) is 0 Å². The van der Waals surface area contributed by atoms with Crippen molar-refractivity contribution in [3.63, 3.8) is 0 Å². The van der Waals surface area contributed by atoms with Crippen LogP contribution >= 0.6 is 0 Å². The minimum Gasteiger partial charge on any atom is -0.396 e. The first-order valence-corrected chi connectivity index (χ1v) is 4.89. The van der Waals surface area contributed by atoms with Crippen molar-refractivity contribution in [2.75, 3.05) is 6.61 Å². The third-order valence-electron chi connectivity index (χ3n) is 2.95. The minimum atomic E-state index is 0.241. The Kier molecular flexibility index (Phi) is 3.73. The third kappa shape index (κ3) is 2.31. The van der Waals surface area contributed by atoms with Crippen LogP contribution in [0.3, 0.4) is 0 Å². The molecule has 0 radical (unpaired) electrons. The summed E-state index contributed by atoms with van der Waals surface area (Å²) in [5, 5.41) is 8.66. The number of hydrogen-bond acceptors (Lipinski definition) is 2. The van der Waals surface area contributed by atoms with E-state index in [-0.39, 0.29) is 12.5 Å². The Morgan fingerprint density at radius 1 is 1.58 bits per heavy atom. The highest BCUT2D eigenvalue weighted by Gasteiger charge is 2.26. The second kappa shape index (κ2) is 4.61. The highest BCUT2D eigenvalue weighted by atomic mass is 16.2. The monoisotopic (exact) mass is 170 g/mol. The topological polar surface area (TPSA) is 37.3 Å². The molecule has 1 saturated carbocycles. The third-order valence-corrected chi connectivity index (χ3v) is 2.95. The van der Waals surface area contributed by atoms with Gasteiger partial charge in [-0.15, -0.1) is 0 Å². The molecule has 0 spiro atoms. The average molecular weight is 170 g/mol. The molecule has 1 aliphatic carbocycles. The summed E-state index contributed by atoms with van der Waals surface area (Å²) in [6.45, 7) is 2.29. The maximum Gasteiger partial charge on any atom is 0.135 e. The lowest BCUT2D eigenvalue weighted by Crippen LogP contribution is -2.26. The number of rotatable bonds is 3. The summed E-state index contributed by atoms with van der Waals surface area (Å²) >= 11 is 0. The number of Topliss-reactive ketones (excluding diaryl/α,β-unsaturated/α-hetero) is 1. The maximum absolute atomic E-state index is 11.3. The van der Waals surface area contributed by atoms with Crippen LogP contribution < -0.4 is 0 Å². The number of ketones is 1. The van der Waals surface area contributed by atoms with Crippen molar-refractivity contribution < 1.29 is 9.90 Å². The van der Waals surface area contributed by atoms with Crippen LogP contribution in [0.2, 0.25) is 0 Å². The molecule has 2 atom stereocenters. The van der Waals surface area contributed by atoms with Crippen LogP contribution in [-0.4, -0.2) is 17.5 Å². The van der Waals surface area contributed by atoms with Crippen molar-refractivity contribution in [2.24, 2.45) is 11.8 Å². The lowest BCUT2D eigenvalue weighted by Gasteiger charge is -2.27. The van der Waals surface area contributed by atoms with Gasteiger partial charge in [-0.3, -0.25) is 4.79 Å². The Labute approximate surface area is 74.0 Å². The van der Waals surface area contributed by atoms with Crippen LogP contribution in [0.5, 0.6) is 0 Å². The Morgan fingerprint density at radius 2 is 2.33 bits per heavy atom. The highest BCUT2D eigenvalue weighted by Crippen LogP contribution is 2.30. The summed E-state index contributed by atoms with van der Waals surface area (Å²) in [6, 6.07) is 0. The molecule has 0 aromatic carbocycles. The normalized spacial score (nSPS) is 30.7. The number of carbonyl (C=O) groups is 1. The van der Waals surface area contributed by atoms with Gasteiger partial charge in [-0.2, -0.15) is 0 Å². The predicted molar refractivity (Wildman–Crippen MR) is 47.8 cm³/mol. The number of hydrogen-bond donors (Lipinski definition) is 1. The predicted octanol–water partition coefficient (Wildman–Crippen LogP) is 1.76. The molecule has 12 heavy (non-hydrogen) atoms. The van der Waals surface area contributed by atoms with Crippen molar-refractivity contribution in [2.45, 2.75) is 39.0 Å². The molecular weight excluding hydrogens is 152 g/mol. The van der Waals surface area contributed by atoms with Gasteiger partial charge in [0.05, 0.1) is 0 Å². The van der Waals surface area contributed by atoms with E-state index in [2.05, 4.69) is 0 Å². The number of aliphatic hydroxyl groups is 1. The fourth-order valence-electron chi connectivity index (χ4n) is 2.03. The molecule has 0 aromatic rings. The second-order valence-corrected chi connectivity index (χ2v) is 3.77. The van der Waals surface area contributed by atoms with Crippen LogP contribution in [0.25, 0.3) is 0 Å². The van der Waals surface area contributed by atoms with E-state index in [0.29, 0.717) is 11.7 Å². The molecule has 0 saturated heterocycles. The van der Waals surface area contributed by atoms with Crippen molar-refractivity contribution in [3.05, 3.63) is 0 Å². The molecule has 0 amide bonds. The molecule has 1 aliphatic rings. The summed E-state index contributed by atoms with van der Waals surface area (Å²) in [4.78, 5) is 11.3. The molecule has 1 fully saturated rings. The summed E-state index contributed by atoms with van der Waals surface area (Å²) in [5.74, 6) is 1.20. The minimum absolute atomic E-state index is 0.241. The molecule has 1 rings (SSSR count). The van der Waals surface area contributed by atoms with Gasteiger partial charge in [0, 0.05) is 18.9 Å². The Hall–Kier alpha value is -0.370. The van der Waals surface area contributed by atoms with Crippen LogP contribution in [0, 0.1) is 11.8 Å². The largest absolute Gasteiger partial charge is 0.396 e. The number of aliphatic hydroxyl groups excluding tert-OH is 1. The van der Waals surface area contributed by atoms with E-state index in [0.717, 1.165) is 25.7 Å². The van der Waals surface area contributed by atoms with Crippen molar-refractivity contribution >= 4 is 5.78 Å². The second-order valence-electron chi connectivity index (χ2n) is 3.77. The van der Waals surface area contributed by atoms with Crippen LogP contribution in [0.1, 0.15) is 39.0 Å². The van der Waals surface area contributed by atoms with Gasteiger partial charge in [0.2, 0.25) is 0 Å². The van der Waals surface area contributed by atoms with Gasteiger partial charge in [-0.25, -0.2) is 0 Å². The quantitative estimate of drug-likeness (QED) is 0.700. The van der Waals surface area contributed by atoms with E-state index in [1.165, 1.54) is 6.42 Å². The molecule has 70 valence electrons. The van der Waals surface area contributed by atoms with E-state index >= 15 is 0 Å². The first-order chi connectivity index (χ1) is 5.75. The van der Waals surface area contributed by atoms with E-state index < -0.39 is 0 Å². The fourth-order valence-corrected chi connectivity index (χ4v) is 2.03. The summed E-state index contributed by atoms with van der Waals surface area (Å²) in [5.41, 5.74) is 0. The smallest absolute Gasteiger partial charge is 0.135 e. The maximum atomic E-state index is 11.3. The van der Waals surface area contributed by atoms with Gasteiger partial charge >= 0.3 is 0 Å². The van der Waals surface area contributed by atoms with E-state index in [4.69, 9.17) is 5.11 Å². The molecule has 0 bridgehead atoms. The molecule has 2 heteroatoms. The van der Waals surface area contributed by atoms with E-state index in [9.17, 15) is 4.79 Å². The molecule has 0 heterocycles. The van der Waals surface area contributed by atoms with Gasteiger partial charge in [-0.1, -0.05) is 6.92 Å². The zero-order valence-corrected chi connectivity index (χ0v) is 7.75. The van der Waals surface area contributed by atoms with E-state index in [1.54, 1.807) is 0 Å². The lowest BCUT2D eigenvalue weighted by molar-refractivity contribution is -0.126.